The zero-order valence-electron chi connectivity index (χ0n) is 8.12. The van der Waals surface area contributed by atoms with E-state index in [1.165, 1.54) is 12.0 Å². The fourth-order valence-corrected chi connectivity index (χ4v) is 2.00. The van der Waals surface area contributed by atoms with Crippen molar-refractivity contribution >= 4 is 18.0 Å². The number of carbonyl (C=O) groups excluding carboxylic acids is 1. The molecule has 0 aliphatic heterocycles. The van der Waals surface area contributed by atoms with Gasteiger partial charge >= 0.3 is 51.4 Å². The summed E-state index contributed by atoms with van der Waals surface area (Å²) in [5, 5.41) is 10.5. The Hall–Kier alpha value is 1.42. The Kier molecular flexibility index (Phi) is 8.51. The molecule has 0 N–H and O–H groups in total. The molecular formula is C8H13KO3S. The third kappa shape index (κ3) is 5.16. The topological polar surface area (TPSA) is 49.4 Å². The molecule has 13 heavy (non-hydrogen) atoms. The van der Waals surface area contributed by atoms with Gasteiger partial charge in [0.1, 0.15) is 0 Å². The van der Waals surface area contributed by atoms with Crippen LogP contribution in [-0.4, -0.2) is 18.3 Å². The Labute approximate surface area is 126 Å². The van der Waals surface area contributed by atoms with Crippen LogP contribution in [0.25, 0.3) is 0 Å². The summed E-state index contributed by atoms with van der Waals surface area (Å²) in [7, 11) is 0. The predicted molar refractivity (Wildman–Crippen MR) is 45.4 cm³/mol. The molecule has 1 rings (SSSR count). The number of hydrogen-bond acceptors (Lipinski definition) is 4. The van der Waals surface area contributed by atoms with Gasteiger partial charge in [-0.1, -0.05) is 0 Å². The van der Waals surface area contributed by atoms with Gasteiger partial charge in [0.15, 0.2) is 0 Å². The fraction of sp³-hybridized carbons (Fsp3) is 0.875. The first-order valence-corrected chi connectivity index (χ1v) is 5.29. The zero-order valence-corrected chi connectivity index (χ0v) is 12.1. The minimum Gasteiger partial charge on any atom is -0.550 e. The van der Waals surface area contributed by atoms with E-state index in [9.17, 15) is 9.90 Å². The normalized spacial score (nSPS) is 27.8. The van der Waals surface area contributed by atoms with Gasteiger partial charge < -0.3 is 14.1 Å². The first-order valence-electron chi connectivity index (χ1n) is 4.14. The van der Waals surface area contributed by atoms with Gasteiger partial charge in [-0.2, -0.15) is 0 Å². The molecule has 1 aliphatic carbocycles. The molecule has 0 spiro atoms. The molecule has 0 atom stereocenters. The van der Waals surface area contributed by atoms with E-state index in [0.29, 0.717) is 12.8 Å². The summed E-state index contributed by atoms with van der Waals surface area (Å²) in [6.45, 7) is 0. The maximum atomic E-state index is 10.5. The van der Waals surface area contributed by atoms with E-state index >= 15 is 0 Å². The molecule has 0 radical (unpaired) electrons. The summed E-state index contributed by atoms with van der Waals surface area (Å²) >= 11 is 1.35. The van der Waals surface area contributed by atoms with Gasteiger partial charge in [-0.05, 0) is 43.6 Å². The molecule has 0 amide bonds. The van der Waals surface area contributed by atoms with E-state index in [-0.39, 0.29) is 63.4 Å². The summed E-state index contributed by atoms with van der Waals surface area (Å²) in [6, 6.07) is 0. The third-order valence-electron chi connectivity index (χ3n) is 2.24. The van der Waals surface area contributed by atoms with Crippen molar-refractivity contribution in [1.29, 1.82) is 0 Å². The van der Waals surface area contributed by atoms with Gasteiger partial charge in [-0.3, -0.25) is 0 Å². The van der Waals surface area contributed by atoms with Crippen LogP contribution in [-0.2, 0) is 8.98 Å². The molecule has 1 aliphatic rings. The molecule has 5 heteroatoms. The van der Waals surface area contributed by atoms with Gasteiger partial charge in [0.05, 0.1) is 6.10 Å². The minimum absolute atomic E-state index is 0. The van der Waals surface area contributed by atoms with E-state index < -0.39 is 5.97 Å². The summed E-state index contributed by atoms with van der Waals surface area (Å²) in [6.07, 6.45) is 5.22. The molecule has 0 aromatic rings. The Bertz CT molecular complexity index is 157. The van der Waals surface area contributed by atoms with E-state index in [1.807, 2.05) is 6.26 Å². The SMILES string of the molecule is CSOC1CCC(C(=O)[O-])CC1.[K+]. The first-order chi connectivity index (χ1) is 5.74. The van der Waals surface area contributed by atoms with Crippen molar-refractivity contribution in [2.75, 3.05) is 6.26 Å². The minimum atomic E-state index is -0.905. The number of aliphatic carboxylic acids is 1. The molecule has 0 aromatic carbocycles. The number of rotatable bonds is 3. The van der Waals surface area contributed by atoms with Crippen LogP contribution in [0.1, 0.15) is 25.7 Å². The summed E-state index contributed by atoms with van der Waals surface area (Å²) in [4.78, 5) is 10.5. The maximum absolute atomic E-state index is 10.5. The third-order valence-corrected chi connectivity index (χ3v) is 2.70. The smallest absolute Gasteiger partial charge is 0.550 e. The van der Waals surface area contributed by atoms with Crippen LogP contribution < -0.4 is 56.5 Å². The van der Waals surface area contributed by atoms with E-state index in [1.54, 1.807) is 0 Å². The first kappa shape index (κ1) is 14.4. The van der Waals surface area contributed by atoms with Crippen molar-refractivity contribution in [3.8, 4) is 0 Å². The zero-order chi connectivity index (χ0) is 8.97. The monoisotopic (exact) mass is 228 g/mol. The van der Waals surface area contributed by atoms with Gasteiger partial charge in [-0.15, -0.1) is 0 Å². The Morgan fingerprint density at radius 2 is 1.92 bits per heavy atom. The van der Waals surface area contributed by atoms with E-state index in [2.05, 4.69) is 0 Å². The van der Waals surface area contributed by atoms with Crippen LogP contribution in [0, 0.1) is 5.92 Å². The largest absolute Gasteiger partial charge is 1.00 e. The second kappa shape index (κ2) is 7.67. The number of carbonyl (C=O) groups is 1. The molecule has 1 saturated carbocycles. The Morgan fingerprint density at radius 1 is 1.38 bits per heavy atom. The second-order valence-corrected chi connectivity index (χ2v) is 3.58. The quantitative estimate of drug-likeness (QED) is 0.399. The molecule has 70 valence electrons. The van der Waals surface area contributed by atoms with Crippen LogP contribution in [0.15, 0.2) is 0 Å². The van der Waals surface area contributed by atoms with Crippen LogP contribution in [0.4, 0.5) is 0 Å². The molecule has 3 nitrogen and oxygen atoms in total. The van der Waals surface area contributed by atoms with Gasteiger partial charge in [0.2, 0.25) is 0 Å². The molecule has 1 fully saturated rings. The van der Waals surface area contributed by atoms with Crippen LogP contribution in [0.5, 0.6) is 0 Å². The second-order valence-electron chi connectivity index (χ2n) is 3.06. The van der Waals surface area contributed by atoms with Gasteiger partial charge in [0, 0.05) is 12.2 Å². The van der Waals surface area contributed by atoms with Gasteiger partial charge in [0.25, 0.3) is 0 Å². The molecule has 0 unspecified atom stereocenters. The van der Waals surface area contributed by atoms with Crippen molar-refractivity contribution in [2.24, 2.45) is 5.92 Å². The molecule has 0 bridgehead atoms. The van der Waals surface area contributed by atoms with Crippen LogP contribution >= 0.6 is 12.0 Å². The predicted octanol–water partition coefficient (Wildman–Crippen LogP) is -2.41. The standard InChI is InChI=1S/C8H14O3S.K/c1-12-11-7-4-2-6(3-5-7)8(9)10;/h6-7H,2-5H2,1H3,(H,9,10);/q;+1/p-1. The van der Waals surface area contributed by atoms with Crippen LogP contribution in [0.3, 0.4) is 0 Å². The molecule has 0 heterocycles. The van der Waals surface area contributed by atoms with Crippen molar-refractivity contribution < 1.29 is 65.5 Å². The van der Waals surface area contributed by atoms with Crippen molar-refractivity contribution in [3.63, 3.8) is 0 Å². The number of hydrogen-bond donors (Lipinski definition) is 0. The van der Waals surface area contributed by atoms with Crippen molar-refractivity contribution in [3.05, 3.63) is 0 Å². The molecular weight excluding hydrogens is 215 g/mol. The summed E-state index contributed by atoms with van der Waals surface area (Å²) in [5.74, 6) is -1.15. The maximum Gasteiger partial charge on any atom is 1.00 e. The Morgan fingerprint density at radius 3 is 2.31 bits per heavy atom. The van der Waals surface area contributed by atoms with E-state index in [0.717, 1.165) is 12.8 Å². The average molecular weight is 228 g/mol. The van der Waals surface area contributed by atoms with E-state index in [4.69, 9.17) is 4.18 Å². The number of carboxylic acids is 1. The Balaban J connectivity index is 0.00000144. The van der Waals surface area contributed by atoms with Crippen molar-refractivity contribution in [2.45, 2.75) is 31.8 Å². The molecule has 0 aromatic heterocycles. The average Bonchev–Trinajstić information content (AvgIpc) is 2.06. The van der Waals surface area contributed by atoms with Gasteiger partial charge in [-0.25, -0.2) is 0 Å². The molecule has 0 saturated heterocycles. The number of carboxylic acid groups (broad SMARTS) is 1. The fourth-order valence-electron chi connectivity index (χ4n) is 1.53. The summed E-state index contributed by atoms with van der Waals surface area (Å²) in [5.41, 5.74) is 0. The van der Waals surface area contributed by atoms with Crippen molar-refractivity contribution in [1.82, 2.24) is 0 Å². The van der Waals surface area contributed by atoms with Crippen LogP contribution in [0.2, 0.25) is 0 Å². The summed E-state index contributed by atoms with van der Waals surface area (Å²) < 4.78 is 5.31.